The zero-order valence-corrected chi connectivity index (χ0v) is 19.7. The highest BCUT2D eigenvalue weighted by Crippen LogP contribution is 2.42. The topological polar surface area (TPSA) is 94.8 Å². The molecule has 5 rings (SSSR count). The van der Waals surface area contributed by atoms with Crippen molar-refractivity contribution in [1.29, 1.82) is 0 Å². The van der Waals surface area contributed by atoms with Gasteiger partial charge in [-0.1, -0.05) is 29.2 Å². The van der Waals surface area contributed by atoms with Gasteiger partial charge in [0, 0.05) is 12.5 Å². The van der Waals surface area contributed by atoms with Gasteiger partial charge >= 0.3 is 0 Å². The molecule has 0 radical (unpaired) electrons. The number of amides is 1. The van der Waals surface area contributed by atoms with Gasteiger partial charge in [0.25, 0.3) is 0 Å². The van der Waals surface area contributed by atoms with E-state index in [1.807, 2.05) is 17.6 Å². The third kappa shape index (κ3) is 4.96. The molecule has 0 aliphatic heterocycles. The number of nitrogens with one attached hydrogen (secondary N) is 1. The first-order chi connectivity index (χ1) is 15.7. The van der Waals surface area contributed by atoms with Crippen molar-refractivity contribution in [3.8, 4) is 5.75 Å². The second kappa shape index (κ2) is 9.58. The van der Waals surface area contributed by atoms with Crippen molar-refractivity contribution in [2.24, 2.45) is 0 Å². The summed E-state index contributed by atoms with van der Waals surface area (Å²) in [6.07, 6.45) is 7.14. The van der Waals surface area contributed by atoms with Crippen molar-refractivity contribution >= 4 is 34.1 Å². The Morgan fingerprint density at radius 1 is 1.19 bits per heavy atom. The zero-order chi connectivity index (χ0) is 21.9. The third-order valence-electron chi connectivity index (χ3n) is 5.74. The van der Waals surface area contributed by atoms with Crippen LogP contribution in [0.15, 0.2) is 23.4 Å². The third-order valence-corrected chi connectivity index (χ3v) is 7.71. The standard InChI is InChI=1S/C22H26N6O2S2/c1-2-28-18(12-30-17-10-9-14-5-3-4-6-16(14)11-17)24-27-22(28)31-13-19(29)23-21-26-25-20(32-21)15-7-8-15/h9-11,15H,2-8,12-13H2,1H3,(H,23,26,29). The van der Waals surface area contributed by atoms with E-state index in [4.69, 9.17) is 4.74 Å². The molecule has 0 unspecified atom stereocenters. The minimum atomic E-state index is -0.119. The van der Waals surface area contributed by atoms with Gasteiger partial charge in [-0.05, 0) is 68.7 Å². The Balaban J connectivity index is 1.16. The van der Waals surface area contributed by atoms with E-state index >= 15 is 0 Å². The molecule has 32 heavy (non-hydrogen) atoms. The first kappa shape index (κ1) is 21.4. The quantitative estimate of drug-likeness (QED) is 0.468. The van der Waals surface area contributed by atoms with Gasteiger partial charge in [-0.2, -0.15) is 0 Å². The van der Waals surface area contributed by atoms with E-state index < -0.39 is 0 Å². The van der Waals surface area contributed by atoms with Crippen LogP contribution in [0.1, 0.15) is 60.5 Å². The Morgan fingerprint density at radius 2 is 2.03 bits per heavy atom. The molecule has 1 aromatic carbocycles. The lowest BCUT2D eigenvalue weighted by Gasteiger charge is -2.16. The number of aromatic nitrogens is 5. The molecule has 0 spiro atoms. The summed E-state index contributed by atoms with van der Waals surface area (Å²) in [6, 6.07) is 6.38. The van der Waals surface area contributed by atoms with Crippen LogP contribution in [0.3, 0.4) is 0 Å². The Labute approximate surface area is 195 Å². The number of carbonyl (C=O) groups is 1. The molecular formula is C22H26N6O2S2. The normalized spacial score (nSPS) is 15.4. The number of nitrogens with zero attached hydrogens (tertiary/aromatic N) is 5. The van der Waals surface area contributed by atoms with Crippen LogP contribution in [0.5, 0.6) is 5.75 Å². The Morgan fingerprint density at radius 3 is 2.84 bits per heavy atom. The van der Waals surface area contributed by atoms with Crippen molar-refractivity contribution < 1.29 is 9.53 Å². The number of carbonyl (C=O) groups excluding carboxylic acids is 1. The molecular weight excluding hydrogens is 444 g/mol. The molecule has 1 saturated carbocycles. The summed E-state index contributed by atoms with van der Waals surface area (Å²) in [5, 5.41) is 21.9. The summed E-state index contributed by atoms with van der Waals surface area (Å²) in [5.41, 5.74) is 2.84. The Bertz CT molecular complexity index is 1110. The Kier molecular flexibility index (Phi) is 6.40. The van der Waals surface area contributed by atoms with Gasteiger partial charge in [-0.15, -0.1) is 20.4 Å². The van der Waals surface area contributed by atoms with Gasteiger partial charge in [0.05, 0.1) is 5.75 Å². The fourth-order valence-corrected chi connectivity index (χ4v) is 5.61. The maximum absolute atomic E-state index is 12.3. The maximum atomic E-state index is 12.3. The summed E-state index contributed by atoms with van der Waals surface area (Å²) in [4.78, 5) is 12.3. The highest BCUT2D eigenvalue weighted by atomic mass is 32.2. The van der Waals surface area contributed by atoms with Crippen LogP contribution in [-0.4, -0.2) is 36.6 Å². The monoisotopic (exact) mass is 470 g/mol. The first-order valence-electron chi connectivity index (χ1n) is 11.1. The van der Waals surface area contributed by atoms with Crippen LogP contribution in [0.2, 0.25) is 0 Å². The second-order valence-corrected chi connectivity index (χ2v) is 10.1. The lowest BCUT2D eigenvalue weighted by atomic mass is 9.92. The molecule has 8 nitrogen and oxygen atoms in total. The van der Waals surface area contributed by atoms with E-state index in [-0.39, 0.29) is 11.7 Å². The molecule has 1 fully saturated rings. The van der Waals surface area contributed by atoms with Gasteiger partial charge in [0.1, 0.15) is 17.4 Å². The molecule has 2 aliphatic carbocycles. The zero-order valence-electron chi connectivity index (χ0n) is 18.0. The molecule has 1 amide bonds. The lowest BCUT2D eigenvalue weighted by Crippen LogP contribution is -2.14. The molecule has 0 atom stereocenters. The number of hydrogen-bond acceptors (Lipinski definition) is 8. The highest BCUT2D eigenvalue weighted by Gasteiger charge is 2.27. The molecule has 3 aromatic rings. The lowest BCUT2D eigenvalue weighted by molar-refractivity contribution is -0.113. The van der Waals surface area contributed by atoms with Gasteiger partial charge in [0.15, 0.2) is 11.0 Å². The molecule has 2 aromatic heterocycles. The number of hydrogen-bond donors (Lipinski definition) is 1. The van der Waals surface area contributed by atoms with Gasteiger partial charge < -0.3 is 9.30 Å². The summed E-state index contributed by atoms with van der Waals surface area (Å²) in [5.74, 6) is 2.28. The summed E-state index contributed by atoms with van der Waals surface area (Å²) < 4.78 is 8.01. The number of ether oxygens (including phenoxy) is 1. The van der Waals surface area contributed by atoms with Crippen LogP contribution < -0.4 is 10.1 Å². The second-order valence-electron chi connectivity index (χ2n) is 8.13. The molecule has 10 heteroatoms. The molecule has 0 bridgehead atoms. The number of rotatable bonds is 9. The highest BCUT2D eigenvalue weighted by molar-refractivity contribution is 7.99. The summed E-state index contributed by atoms with van der Waals surface area (Å²) >= 11 is 2.83. The number of anilines is 1. The number of benzene rings is 1. The maximum Gasteiger partial charge on any atom is 0.236 e. The molecule has 168 valence electrons. The summed E-state index contributed by atoms with van der Waals surface area (Å²) in [7, 11) is 0. The van der Waals surface area contributed by atoms with Crippen molar-refractivity contribution in [3.63, 3.8) is 0 Å². The largest absolute Gasteiger partial charge is 0.486 e. The van der Waals surface area contributed by atoms with Crippen LogP contribution in [-0.2, 0) is 30.8 Å². The smallest absolute Gasteiger partial charge is 0.236 e. The minimum absolute atomic E-state index is 0.119. The van der Waals surface area contributed by atoms with E-state index in [2.05, 4.69) is 37.8 Å². The summed E-state index contributed by atoms with van der Waals surface area (Å²) in [6.45, 7) is 3.10. The van der Waals surface area contributed by atoms with E-state index in [9.17, 15) is 4.79 Å². The molecule has 1 N–H and O–H groups in total. The van der Waals surface area contributed by atoms with E-state index in [0.29, 0.717) is 29.4 Å². The van der Waals surface area contributed by atoms with Crippen LogP contribution in [0.25, 0.3) is 0 Å². The molecule has 0 saturated heterocycles. The van der Waals surface area contributed by atoms with Crippen LogP contribution >= 0.6 is 23.1 Å². The van der Waals surface area contributed by atoms with Gasteiger partial charge in [-0.25, -0.2) is 0 Å². The van der Waals surface area contributed by atoms with E-state index in [1.54, 1.807) is 0 Å². The predicted molar refractivity (Wildman–Crippen MR) is 124 cm³/mol. The van der Waals surface area contributed by atoms with Gasteiger partial charge in [-0.3, -0.25) is 10.1 Å². The van der Waals surface area contributed by atoms with Gasteiger partial charge in [0.2, 0.25) is 11.0 Å². The van der Waals surface area contributed by atoms with Crippen molar-refractivity contribution in [2.45, 2.75) is 69.7 Å². The van der Waals surface area contributed by atoms with Crippen molar-refractivity contribution in [2.75, 3.05) is 11.1 Å². The predicted octanol–water partition coefficient (Wildman–Crippen LogP) is 4.22. The number of thioether (sulfide) groups is 1. The molecule has 2 aliphatic rings. The van der Waals surface area contributed by atoms with Crippen molar-refractivity contribution in [3.05, 3.63) is 40.2 Å². The molecule has 2 heterocycles. The Hall–Kier alpha value is -2.46. The fourth-order valence-electron chi connectivity index (χ4n) is 3.86. The minimum Gasteiger partial charge on any atom is -0.486 e. The number of fused-ring (bicyclic) bond motifs is 1. The van der Waals surface area contributed by atoms with Crippen molar-refractivity contribution in [1.82, 2.24) is 25.0 Å². The SMILES string of the molecule is CCn1c(COc2ccc3c(c2)CCCC3)nnc1SCC(=O)Nc1nnc(C2CC2)s1. The average molecular weight is 471 g/mol. The average Bonchev–Trinajstić information content (AvgIpc) is 3.43. The van der Waals surface area contributed by atoms with E-state index in [1.165, 1.54) is 59.9 Å². The van der Waals surface area contributed by atoms with Crippen LogP contribution in [0.4, 0.5) is 5.13 Å². The number of aryl methyl sites for hydroxylation is 2. The van der Waals surface area contributed by atoms with E-state index in [0.717, 1.165) is 29.4 Å². The first-order valence-corrected chi connectivity index (χ1v) is 12.9. The fraction of sp³-hybridized carbons (Fsp3) is 0.500. The van der Waals surface area contributed by atoms with Crippen LogP contribution in [0, 0.1) is 0 Å².